The van der Waals surface area contributed by atoms with Gasteiger partial charge in [-0.05, 0) is 18.6 Å². The van der Waals surface area contributed by atoms with E-state index in [4.69, 9.17) is 0 Å². The standard InChI is InChI=1S/C17H14F2NO/c1-12-5-4-7-14(11-12)17(18,19)16-10-9-13-6-2-3-8-15(13)20(16)21/h2-11,16H,1H3/q-1. The molecule has 2 aromatic rings. The topological polar surface area (TPSA) is 26.3 Å². The molecule has 0 N–H and O–H groups in total. The van der Waals surface area contributed by atoms with E-state index in [1.807, 2.05) is 0 Å². The molecule has 2 nitrogen and oxygen atoms in total. The molecule has 2 aromatic carbocycles. The molecule has 21 heavy (non-hydrogen) atoms. The number of nitrogens with zero attached hydrogens (tertiary/aromatic N) is 1. The number of halogens is 2. The number of anilines is 1. The minimum absolute atomic E-state index is 0.141. The van der Waals surface area contributed by atoms with Crippen molar-refractivity contribution in [2.24, 2.45) is 0 Å². The molecule has 0 radical (unpaired) electrons. The van der Waals surface area contributed by atoms with Crippen LogP contribution in [-0.2, 0) is 5.92 Å². The third kappa shape index (κ3) is 2.32. The molecule has 1 aliphatic heterocycles. The summed E-state index contributed by atoms with van der Waals surface area (Å²) in [4.78, 5) is 0. The van der Waals surface area contributed by atoms with Gasteiger partial charge in [-0.25, -0.2) is 0 Å². The molecule has 0 bridgehead atoms. The van der Waals surface area contributed by atoms with Crippen LogP contribution in [-0.4, -0.2) is 6.04 Å². The number of alkyl halides is 2. The Kier molecular flexibility index (Phi) is 3.26. The second-order valence-corrected chi connectivity index (χ2v) is 5.18. The van der Waals surface area contributed by atoms with Gasteiger partial charge in [-0.2, -0.15) is 8.78 Å². The highest BCUT2D eigenvalue weighted by atomic mass is 19.3. The fourth-order valence-electron chi connectivity index (χ4n) is 2.54. The molecule has 1 aliphatic rings. The highest BCUT2D eigenvalue weighted by Gasteiger charge is 2.42. The van der Waals surface area contributed by atoms with Crippen LogP contribution in [0.15, 0.2) is 54.6 Å². The van der Waals surface area contributed by atoms with Crippen LogP contribution in [0.1, 0.15) is 16.7 Å². The molecule has 4 heteroatoms. The van der Waals surface area contributed by atoms with Crippen LogP contribution < -0.4 is 5.06 Å². The van der Waals surface area contributed by atoms with Crippen molar-refractivity contribution in [2.75, 3.05) is 5.06 Å². The van der Waals surface area contributed by atoms with E-state index in [-0.39, 0.29) is 11.3 Å². The maximum Gasteiger partial charge on any atom is 0.295 e. The van der Waals surface area contributed by atoms with Crippen molar-refractivity contribution in [3.63, 3.8) is 0 Å². The van der Waals surface area contributed by atoms with Crippen molar-refractivity contribution in [3.8, 4) is 0 Å². The lowest BCUT2D eigenvalue weighted by atomic mass is 9.95. The summed E-state index contributed by atoms with van der Waals surface area (Å²) in [5.74, 6) is -3.25. The number of aryl methyl sites for hydroxylation is 1. The van der Waals surface area contributed by atoms with Crippen molar-refractivity contribution in [2.45, 2.75) is 18.9 Å². The van der Waals surface area contributed by atoms with Crippen LogP contribution in [0.25, 0.3) is 6.08 Å². The van der Waals surface area contributed by atoms with Gasteiger partial charge in [0.25, 0.3) is 5.92 Å². The zero-order valence-electron chi connectivity index (χ0n) is 11.5. The van der Waals surface area contributed by atoms with E-state index in [0.29, 0.717) is 10.6 Å². The summed E-state index contributed by atoms with van der Waals surface area (Å²) in [7, 11) is 0. The van der Waals surface area contributed by atoms with E-state index in [2.05, 4.69) is 0 Å². The Hall–Kier alpha value is -2.20. The first-order valence-electron chi connectivity index (χ1n) is 6.69. The van der Waals surface area contributed by atoms with Crippen LogP contribution in [0.3, 0.4) is 0 Å². The molecule has 0 aromatic heterocycles. The molecule has 1 atom stereocenters. The zero-order valence-corrected chi connectivity index (χ0v) is 11.5. The highest BCUT2D eigenvalue weighted by molar-refractivity contribution is 5.73. The van der Waals surface area contributed by atoms with Gasteiger partial charge >= 0.3 is 0 Å². The average molecular weight is 286 g/mol. The maximum atomic E-state index is 14.7. The lowest BCUT2D eigenvalue weighted by molar-refractivity contribution is -0.0172. The Labute approximate surface area is 121 Å². The van der Waals surface area contributed by atoms with Gasteiger partial charge in [-0.3, -0.25) is 0 Å². The molecule has 1 heterocycles. The SMILES string of the molecule is Cc1cccc(C(F)(F)C2C=Cc3ccccc3N2[O-])c1. The van der Waals surface area contributed by atoms with E-state index in [1.165, 1.54) is 18.2 Å². The Morgan fingerprint density at radius 2 is 1.86 bits per heavy atom. The van der Waals surface area contributed by atoms with Crippen LogP contribution in [0.5, 0.6) is 0 Å². The molecular formula is C17H14F2NO-. The van der Waals surface area contributed by atoms with Crippen molar-refractivity contribution < 1.29 is 8.78 Å². The Morgan fingerprint density at radius 1 is 1.10 bits per heavy atom. The largest absolute Gasteiger partial charge is 0.758 e. The first-order chi connectivity index (χ1) is 10.00. The summed E-state index contributed by atoms with van der Waals surface area (Å²) in [6, 6.07) is 11.3. The van der Waals surface area contributed by atoms with Gasteiger partial charge in [0, 0.05) is 11.3 Å². The quantitative estimate of drug-likeness (QED) is 0.813. The van der Waals surface area contributed by atoms with Crippen molar-refractivity contribution >= 4 is 11.8 Å². The summed E-state index contributed by atoms with van der Waals surface area (Å²) in [5.41, 5.74) is 1.53. The smallest absolute Gasteiger partial charge is 0.295 e. The Balaban J connectivity index is 2.01. The summed E-state index contributed by atoms with van der Waals surface area (Å²) < 4.78 is 29.3. The average Bonchev–Trinajstić information content (AvgIpc) is 2.47. The predicted octanol–water partition coefficient (Wildman–Crippen LogP) is 4.49. The number of hydroxylamine groups is 1. The number of hydrogen-bond acceptors (Lipinski definition) is 2. The molecule has 0 spiro atoms. The molecular weight excluding hydrogens is 272 g/mol. The normalized spacial score (nSPS) is 17.7. The van der Waals surface area contributed by atoms with Gasteiger partial charge in [0.15, 0.2) is 0 Å². The van der Waals surface area contributed by atoms with Crippen LogP contribution in [0, 0.1) is 12.1 Å². The molecule has 0 saturated heterocycles. The zero-order chi connectivity index (χ0) is 15.0. The van der Waals surface area contributed by atoms with Crippen LogP contribution >= 0.6 is 0 Å². The molecule has 0 aliphatic carbocycles. The Morgan fingerprint density at radius 3 is 2.62 bits per heavy atom. The van der Waals surface area contributed by atoms with Crippen molar-refractivity contribution in [1.82, 2.24) is 0 Å². The molecule has 0 amide bonds. The van der Waals surface area contributed by atoms with E-state index in [9.17, 15) is 14.0 Å². The van der Waals surface area contributed by atoms with Gasteiger partial charge in [0.1, 0.15) is 6.04 Å². The van der Waals surface area contributed by atoms with E-state index in [1.54, 1.807) is 49.4 Å². The molecule has 0 fully saturated rings. The number of benzene rings is 2. The number of rotatable bonds is 2. The monoisotopic (exact) mass is 286 g/mol. The summed E-state index contributed by atoms with van der Waals surface area (Å²) in [6.45, 7) is 1.75. The fourth-order valence-corrected chi connectivity index (χ4v) is 2.54. The molecule has 108 valence electrons. The van der Waals surface area contributed by atoms with Gasteiger partial charge in [0.2, 0.25) is 0 Å². The fraction of sp³-hybridized carbons (Fsp3) is 0.176. The van der Waals surface area contributed by atoms with Gasteiger partial charge in [0.05, 0.1) is 0 Å². The van der Waals surface area contributed by atoms with Gasteiger partial charge < -0.3 is 10.3 Å². The first-order valence-corrected chi connectivity index (χ1v) is 6.69. The first kappa shape index (κ1) is 13.8. The third-order valence-corrected chi connectivity index (χ3v) is 3.66. The second kappa shape index (κ2) is 4.97. The predicted molar refractivity (Wildman–Crippen MR) is 80.2 cm³/mol. The highest BCUT2D eigenvalue weighted by Crippen LogP contribution is 2.40. The van der Waals surface area contributed by atoms with Gasteiger partial charge in [-0.1, -0.05) is 60.2 Å². The van der Waals surface area contributed by atoms with Crippen molar-refractivity contribution in [3.05, 3.63) is 76.5 Å². The number of fused-ring (bicyclic) bond motifs is 1. The summed E-state index contributed by atoms with van der Waals surface area (Å²) in [5, 5.41) is 12.7. The van der Waals surface area contributed by atoms with E-state index < -0.39 is 12.0 Å². The van der Waals surface area contributed by atoms with E-state index >= 15 is 0 Å². The second-order valence-electron chi connectivity index (χ2n) is 5.18. The molecule has 0 saturated carbocycles. The van der Waals surface area contributed by atoms with Crippen LogP contribution in [0.2, 0.25) is 0 Å². The lowest BCUT2D eigenvalue weighted by Gasteiger charge is -2.44. The minimum atomic E-state index is -3.25. The Bertz CT molecular complexity index is 697. The van der Waals surface area contributed by atoms with Gasteiger partial charge in [-0.15, -0.1) is 0 Å². The minimum Gasteiger partial charge on any atom is -0.758 e. The van der Waals surface area contributed by atoms with Crippen molar-refractivity contribution in [1.29, 1.82) is 0 Å². The molecule has 1 unspecified atom stereocenters. The number of hydrogen-bond donors (Lipinski definition) is 0. The third-order valence-electron chi connectivity index (χ3n) is 3.66. The van der Waals surface area contributed by atoms with E-state index in [0.717, 1.165) is 5.56 Å². The summed E-state index contributed by atoms with van der Waals surface area (Å²) >= 11 is 0. The van der Waals surface area contributed by atoms with Crippen LogP contribution in [0.4, 0.5) is 14.5 Å². The maximum absolute atomic E-state index is 14.7. The molecule has 3 rings (SSSR count). The summed E-state index contributed by atoms with van der Waals surface area (Å²) in [6.07, 6.45) is 2.86. The number of para-hydroxylation sites is 1. The lowest BCUT2D eigenvalue weighted by Crippen LogP contribution is -2.43.